The number of hydrogen-bond acceptors (Lipinski definition) is 7. The van der Waals surface area contributed by atoms with Crippen molar-refractivity contribution in [2.45, 2.75) is 44.6 Å². The summed E-state index contributed by atoms with van der Waals surface area (Å²) in [6.45, 7) is 2.25. The lowest BCUT2D eigenvalue weighted by Crippen LogP contribution is -2.43. The van der Waals surface area contributed by atoms with E-state index in [4.69, 9.17) is 10.5 Å². The SMILES string of the molecule is CCCCCNC(=O)N1CC(F)C(NC(=O)c2cc(-c3cc(C(F)(F)F)c4c(N)ncnn34)cnc2OC)C1. The molecule has 39 heavy (non-hydrogen) atoms. The average molecular weight is 553 g/mol. The monoisotopic (exact) mass is 552 g/mol. The second-order valence-corrected chi connectivity index (χ2v) is 9.07. The van der Waals surface area contributed by atoms with Crippen molar-refractivity contribution in [2.75, 3.05) is 32.5 Å². The van der Waals surface area contributed by atoms with Crippen LogP contribution in [0.3, 0.4) is 0 Å². The molecule has 4 rings (SSSR count). The molecule has 0 saturated carbocycles. The Morgan fingerprint density at radius 1 is 1.21 bits per heavy atom. The summed E-state index contributed by atoms with van der Waals surface area (Å²) in [7, 11) is 1.26. The molecule has 11 nitrogen and oxygen atoms in total. The van der Waals surface area contributed by atoms with Crippen LogP contribution >= 0.6 is 0 Å². The van der Waals surface area contributed by atoms with Crippen molar-refractivity contribution in [1.82, 2.24) is 35.1 Å². The van der Waals surface area contributed by atoms with Crippen LogP contribution in [0.15, 0.2) is 24.7 Å². The number of aromatic nitrogens is 4. The third-order valence-corrected chi connectivity index (χ3v) is 6.38. The number of nitrogen functional groups attached to an aromatic ring is 1. The number of hydrogen-bond donors (Lipinski definition) is 3. The number of rotatable bonds is 8. The van der Waals surface area contributed by atoms with Crippen LogP contribution in [0.4, 0.5) is 28.2 Å². The van der Waals surface area contributed by atoms with Gasteiger partial charge in [-0.15, -0.1) is 0 Å². The van der Waals surface area contributed by atoms with Gasteiger partial charge >= 0.3 is 12.2 Å². The number of nitrogens with two attached hydrogens (primary N) is 1. The van der Waals surface area contributed by atoms with Crippen molar-refractivity contribution in [1.29, 1.82) is 0 Å². The van der Waals surface area contributed by atoms with E-state index >= 15 is 0 Å². The minimum absolute atomic E-state index is 0.0502. The van der Waals surface area contributed by atoms with Gasteiger partial charge in [0, 0.05) is 24.8 Å². The zero-order valence-electron chi connectivity index (χ0n) is 21.3. The molecule has 0 spiro atoms. The molecule has 210 valence electrons. The van der Waals surface area contributed by atoms with E-state index in [2.05, 4.69) is 25.7 Å². The molecular weight excluding hydrogens is 524 g/mol. The van der Waals surface area contributed by atoms with Crippen molar-refractivity contribution < 1.29 is 31.9 Å². The number of amides is 3. The minimum atomic E-state index is -4.75. The zero-order chi connectivity index (χ0) is 28.3. The molecule has 4 heterocycles. The Hall–Kier alpha value is -4.17. The van der Waals surface area contributed by atoms with Crippen LogP contribution in [0.25, 0.3) is 16.8 Å². The van der Waals surface area contributed by atoms with Gasteiger partial charge in [-0.25, -0.2) is 23.7 Å². The number of ether oxygens (including phenoxy) is 1. The van der Waals surface area contributed by atoms with Gasteiger partial charge in [0.1, 0.15) is 23.6 Å². The number of nitrogens with zero attached hydrogens (tertiary/aromatic N) is 5. The van der Waals surface area contributed by atoms with E-state index in [0.29, 0.717) is 6.54 Å². The third kappa shape index (κ3) is 5.81. The summed E-state index contributed by atoms with van der Waals surface area (Å²) in [5.41, 5.74) is 4.11. The molecule has 2 atom stereocenters. The number of unbranched alkanes of at least 4 members (excludes halogenated alkanes) is 2. The van der Waals surface area contributed by atoms with Gasteiger partial charge in [0.05, 0.1) is 31.0 Å². The number of carbonyl (C=O) groups excluding carboxylic acids is 2. The van der Waals surface area contributed by atoms with Gasteiger partial charge in [-0.2, -0.15) is 18.3 Å². The van der Waals surface area contributed by atoms with Crippen molar-refractivity contribution in [3.8, 4) is 17.1 Å². The van der Waals surface area contributed by atoms with Crippen LogP contribution in [-0.4, -0.2) is 75.4 Å². The lowest BCUT2D eigenvalue weighted by molar-refractivity contribution is -0.136. The number of halogens is 4. The number of nitrogens with one attached hydrogen (secondary N) is 2. The predicted molar refractivity (Wildman–Crippen MR) is 133 cm³/mol. The highest BCUT2D eigenvalue weighted by atomic mass is 19.4. The molecule has 1 saturated heterocycles. The lowest BCUT2D eigenvalue weighted by atomic mass is 10.1. The second-order valence-electron chi connectivity index (χ2n) is 9.07. The summed E-state index contributed by atoms with van der Waals surface area (Å²) < 4.78 is 62.0. The molecule has 15 heteroatoms. The number of anilines is 1. The van der Waals surface area contributed by atoms with E-state index in [1.165, 1.54) is 24.3 Å². The first-order valence-electron chi connectivity index (χ1n) is 12.3. The Kier molecular flexibility index (Phi) is 8.06. The molecule has 3 aromatic heterocycles. The second kappa shape index (κ2) is 11.3. The number of alkyl halides is 4. The van der Waals surface area contributed by atoms with Crippen molar-refractivity contribution >= 4 is 23.3 Å². The van der Waals surface area contributed by atoms with Gasteiger partial charge in [-0.05, 0) is 18.6 Å². The van der Waals surface area contributed by atoms with Crippen LogP contribution in [0, 0.1) is 0 Å². The van der Waals surface area contributed by atoms with Gasteiger partial charge < -0.3 is 26.0 Å². The molecule has 0 aromatic carbocycles. The standard InChI is InChI=1S/C24H28F4N8O3/c1-3-4-5-6-30-23(38)35-10-16(25)17(11-35)34-21(37)14-7-13(9-31-22(14)39-2)18-8-15(24(26,27)28)19-20(29)32-12-33-36(18)19/h7-9,12,16-17H,3-6,10-11H2,1-2H3,(H,30,38)(H,34,37)(H2,29,32,33). The van der Waals surface area contributed by atoms with E-state index in [1.807, 2.05) is 6.92 Å². The van der Waals surface area contributed by atoms with Gasteiger partial charge in [0.2, 0.25) is 5.88 Å². The van der Waals surface area contributed by atoms with E-state index < -0.39 is 41.4 Å². The minimum Gasteiger partial charge on any atom is -0.480 e. The predicted octanol–water partition coefficient (Wildman–Crippen LogP) is 3.05. The molecule has 0 aliphatic carbocycles. The Bertz CT molecular complexity index is 1360. The number of fused-ring (bicyclic) bond motifs is 1. The zero-order valence-corrected chi connectivity index (χ0v) is 21.3. The molecule has 1 fully saturated rings. The van der Waals surface area contributed by atoms with Crippen LogP contribution < -0.4 is 21.1 Å². The maximum absolute atomic E-state index is 14.8. The molecule has 2 unspecified atom stereocenters. The number of methoxy groups -OCH3 is 1. The first-order valence-corrected chi connectivity index (χ1v) is 12.3. The molecule has 4 N–H and O–H groups in total. The Morgan fingerprint density at radius 3 is 2.67 bits per heavy atom. The van der Waals surface area contributed by atoms with Crippen LogP contribution in [0.2, 0.25) is 0 Å². The largest absolute Gasteiger partial charge is 0.480 e. The van der Waals surface area contributed by atoms with E-state index in [0.717, 1.165) is 36.2 Å². The van der Waals surface area contributed by atoms with E-state index in [1.54, 1.807) is 0 Å². The van der Waals surface area contributed by atoms with E-state index in [9.17, 15) is 27.2 Å². The summed E-state index contributed by atoms with van der Waals surface area (Å²) in [6.07, 6.45) is -1.31. The first-order chi connectivity index (χ1) is 18.5. The average Bonchev–Trinajstić information content (AvgIpc) is 3.48. The van der Waals surface area contributed by atoms with Gasteiger partial charge in [0.25, 0.3) is 5.91 Å². The van der Waals surface area contributed by atoms with E-state index in [-0.39, 0.29) is 41.6 Å². The number of pyridine rings is 1. The third-order valence-electron chi connectivity index (χ3n) is 6.38. The topological polar surface area (TPSA) is 140 Å². The summed E-state index contributed by atoms with van der Waals surface area (Å²) in [4.78, 5) is 34.5. The van der Waals surface area contributed by atoms with Gasteiger partial charge in [-0.1, -0.05) is 19.8 Å². The molecule has 3 amide bonds. The first kappa shape index (κ1) is 27.9. The van der Waals surface area contributed by atoms with Crippen molar-refractivity contribution in [3.63, 3.8) is 0 Å². The molecule has 1 aliphatic rings. The normalized spacial score (nSPS) is 17.4. The van der Waals surface area contributed by atoms with Crippen LogP contribution in [0.1, 0.15) is 42.1 Å². The Morgan fingerprint density at radius 2 is 1.97 bits per heavy atom. The van der Waals surface area contributed by atoms with Crippen LogP contribution in [-0.2, 0) is 6.18 Å². The van der Waals surface area contributed by atoms with Crippen LogP contribution in [0.5, 0.6) is 5.88 Å². The lowest BCUT2D eigenvalue weighted by Gasteiger charge is -2.18. The van der Waals surface area contributed by atoms with Crippen molar-refractivity contribution in [2.24, 2.45) is 0 Å². The summed E-state index contributed by atoms with van der Waals surface area (Å²) >= 11 is 0. The number of urea groups is 1. The quantitative estimate of drug-likeness (QED) is 0.288. The fourth-order valence-electron chi connectivity index (χ4n) is 4.40. The molecule has 3 aromatic rings. The molecular formula is C24H28F4N8O3. The fraction of sp³-hybridized carbons (Fsp3) is 0.458. The number of carbonyl (C=O) groups is 2. The molecule has 0 radical (unpaired) electrons. The summed E-state index contributed by atoms with van der Waals surface area (Å²) in [5, 5.41) is 9.18. The highest BCUT2D eigenvalue weighted by Gasteiger charge is 2.38. The van der Waals surface area contributed by atoms with Gasteiger partial charge in [-0.3, -0.25) is 4.79 Å². The summed E-state index contributed by atoms with van der Waals surface area (Å²) in [5.74, 6) is -1.27. The summed E-state index contributed by atoms with van der Waals surface area (Å²) in [6, 6.07) is 0.665. The highest BCUT2D eigenvalue weighted by Crippen LogP contribution is 2.39. The van der Waals surface area contributed by atoms with Gasteiger partial charge in [0.15, 0.2) is 5.82 Å². The molecule has 1 aliphatic heterocycles. The Balaban J connectivity index is 1.58. The highest BCUT2D eigenvalue weighted by molar-refractivity contribution is 5.98. The van der Waals surface area contributed by atoms with Crippen molar-refractivity contribution in [3.05, 3.63) is 35.8 Å². The molecule has 0 bridgehead atoms. The fourth-order valence-corrected chi connectivity index (χ4v) is 4.40. The Labute approximate surface area is 220 Å². The maximum Gasteiger partial charge on any atom is 0.418 e. The number of likely N-dealkylation sites (tertiary alicyclic amines) is 1. The maximum atomic E-state index is 14.8. The smallest absolute Gasteiger partial charge is 0.418 e.